The number of oxazole rings is 1. The number of fused-ring (bicyclic) bond motifs is 2. The van der Waals surface area contributed by atoms with E-state index in [1.807, 2.05) is 170 Å². The molecule has 0 radical (unpaired) electrons. The van der Waals surface area contributed by atoms with Gasteiger partial charge in [-0.3, -0.25) is 14.4 Å². The number of aldehydes is 3. The topological polar surface area (TPSA) is 190 Å². The molecule has 0 aliphatic rings. The number of nitrogens with zero attached hydrogens (tertiary/aromatic N) is 3. The Hall–Kier alpha value is -13.1. The van der Waals surface area contributed by atoms with Gasteiger partial charge in [-0.15, -0.1) is 22.7 Å². The zero-order chi connectivity index (χ0) is 74.6. The van der Waals surface area contributed by atoms with Gasteiger partial charge in [0.15, 0.2) is 5.58 Å². The van der Waals surface area contributed by atoms with Crippen molar-refractivity contribution in [2.75, 3.05) is 7.11 Å². The number of methoxy groups -OCH3 is 1. The largest absolute Gasteiger partial charge is 0.496 e. The molecule has 11 aromatic carbocycles. The summed E-state index contributed by atoms with van der Waals surface area (Å²) in [7, 11) is 1.54. The van der Waals surface area contributed by atoms with E-state index in [0.717, 1.165) is 90.6 Å². The van der Waals surface area contributed by atoms with Gasteiger partial charge in [-0.25, -0.2) is 14.8 Å². The van der Waals surface area contributed by atoms with Gasteiger partial charge in [0.25, 0.3) is 0 Å². The molecule has 0 spiro atoms. The number of allylic oxidation sites excluding steroid dienone is 2. The maximum atomic E-state index is 11.7. The summed E-state index contributed by atoms with van der Waals surface area (Å²) in [6.45, 7) is 16.5. The molecule has 0 aliphatic heterocycles. The summed E-state index contributed by atoms with van der Waals surface area (Å²) in [6, 6.07) is 90.6. The summed E-state index contributed by atoms with van der Waals surface area (Å²) in [4.78, 5) is 53.4. The molecule has 0 saturated carbocycles. The van der Waals surface area contributed by atoms with Crippen LogP contribution in [0.1, 0.15) is 87.8 Å². The molecule has 14 rings (SSSR count). The molecule has 0 aliphatic carbocycles. The van der Waals surface area contributed by atoms with Crippen molar-refractivity contribution < 1.29 is 43.3 Å². The van der Waals surface area contributed by atoms with Crippen LogP contribution in [0.2, 0.25) is 0 Å². The molecule has 3 aromatic heterocycles. The van der Waals surface area contributed by atoms with Gasteiger partial charge in [0.2, 0.25) is 5.89 Å². The number of rotatable bonds is 17. The standard InChI is InChI=1S/C15H11NO.C15H11NS.C14H10O3.C14H12.C12H11NO.C11H8OS.C10H12O3.CH4/c2*1-2-11-7-9-12(10-8-11)15-16-13-5-3-4-6-14(13)17-15;15-10-11-6-8-13(9-7-11)17-14(16)12-4-2-1-3-5-12;1-2-12-8-10-14(11-9-12)13-6-4-3-5-7-13;1-2-10(8-13)7-11-3-5-12(9-14)6-4-11;12-8-9-3-5-10(6-4-9)11-2-1-7-13-11;1-7-3-8(5-11)4-9(6-12)10(7)13-2;/h2*2-10H,1H2;1-10H;2-11H,1H2;2-7,14H,1,9H2;1-8H;3-5,12H,6H2,1-2H3;1H4/b;;;;10-7-;;;. The second kappa shape index (κ2) is 43.0. The van der Waals surface area contributed by atoms with Crippen LogP contribution in [0.5, 0.6) is 11.5 Å². The first-order chi connectivity index (χ1) is 51.3. The summed E-state index contributed by atoms with van der Waals surface area (Å²) in [5.41, 5.74) is 18.1. The molecule has 0 amide bonds. The van der Waals surface area contributed by atoms with E-state index in [0.29, 0.717) is 45.2 Å². The number of esters is 1. The van der Waals surface area contributed by atoms with Crippen LogP contribution in [-0.4, -0.2) is 52.1 Å². The number of aliphatic hydroxyl groups is 2. The van der Waals surface area contributed by atoms with Crippen molar-refractivity contribution in [2.45, 2.75) is 27.6 Å². The fourth-order valence-electron chi connectivity index (χ4n) is 9.87. The van der Waals surface area contributed by atoms with E-state index in [4.69, 9.17) is 29.4 Å². The van der Waals surface area contributed by atoms with Gasteiger partial charge in [-0.2, -0.15) is 5.26 Å². The number of aromatic nitrogens is 2. The Kier molecular flexibility index (Phi) is 32.5. The molecule has 0 fully saturated rings. The normalized spacial score (nSPS) is 10.0. The van der Waals surface area contributed by atoms with Crippen molar-refractivity contribution in [1.29, 1.82) is 5.26 Å². The second-order valence-corrected chi connectivity index (χ2v) is 24.6. The van der Waals surface area contributed by atoms with Gasteiger partial charge < -0.3 is 24.1 Å². The Morgan fingerprint density at radius 2 is 1.02 bits per heavy atom. The number of hydrogen-bond acceptors (Lipinski definition) is 14. The van der Waals surface area contributed by atoms with Crippen molar-refractivity contribution in [3.63, 3.8) is 0 Å². The Bertz CT molecular complexity index is 4990. The number of carbonyl (C=O) groups is 4. The van der Waals surface area contributed by atoms with Gasteiger partial charge in [-0.1, -0.05) is 246 Å². The van der Waals surface area contributed by atoms with E-state index in [1.165, 1.54) is 32.3 Å². The highest BCUT2D eigenvalue weighted by atomic mass is 32.1. The van der Waals surface area contributed by atoms with Crippen LogP contribution in [-0.2, 0) is 13.2 Å². The summed E-state index contributed by atoms with van der Waals surface area (Å²) in [5.74, 6) is 1.31. The van der Waals surface area contributed by atoms with Crippen LogP contribution in [0, 0.1) is 18.3 Å². The number of aryl methyl sites for hydroxylation is 1. The van der Waals surface area contributed by atoms with Crippen LogP contribution in [0.15, 0.2) is 327 Å². The van der Waals surface area contributed by atoms with Crippen LogP contribution in [0.3, 0.4) is 0 Å². The predicted octanol–water partition coefficient (Wildman–Crippen LogP) is 22.9. The van der Waals surface area contributed by atoms with Gasteiger partial charge in [0, 0.05) is 38.3 Å². The summed E-state index contributed by atoms with van der Waals surface area (Å²) >= 11 is 3.43. The number of thiazole rings is 1. The zero-order valence-corrected chi connectivity index (χ0v) is 59.5. The molecule has 106 heavy (non-hydrogen) atoms. The van der Waals surface area contributed by atoms with Gasteiger partial charge in [0.05, 0.1) is 47.7 Å². The number of benzene rings is 11. The van der Waals surface area contributed by atoms with E-state index in [9.17, 15) is 19.2 Å². The minimum absolute atomic E-state index is 0. The highest BCUT2D eigenvalue weighted by Gasteiger charge is 2.11. The molecular weight excluding hydrogens is 1360 g/mol. The smallest absolute Gasteiger partial charge is 0.343 e. The monoisotopic (exact) mass is 1430 g/mol. The molecular formula is C92H79N3O9S2. The first-order valence-corrected chi connectivity index (χ1v) is 34.6. The van der Waals surface area contributed by atoms with Crippen molar-refractivity contribution in [3.05, 3.63) is 384 Å². The van der Waals surface area contributed by atoms with Gasteiger partial charge in [-0.05, 0) is 159 Å². The molecule has 0 saturated heterocycles. The lowest BCUT2D eigenvalue weighted by molar-refractivity contribution is 0.0734. The van der Waals surface area contributed by atoms with E-state index in [2.05, 4.69) is 121 Å². The summed E-state index contributed by atoms with van der Waals surface area (Å²) in [6.07, 6.45) is 11.1. The first-order valence-electron chi connectivity index (χ1n) is 32.9. The molecule has 14 heteroatoms. The van der Waals surface area contributed by atoms with Crippen LogP contribution in [0.25, 0.3) is 89.2 Å². The van der Waals surface area contributed by atoms with Crippen molar-refractivity contribution >= 4 is 93.1 Å². The number of nitriles is 1. The third-order valence-corrected chi connectivity index (χ3v) is 17.4. The molecule has 528 valence electrons. The summed E-state index contributed by atoms with van der Waals surface area (Å²) < 4.78 is 17.2. The Morgan fingerprint density at radius 1 is 0.519 bits per heavy atom. The molecule has 0 unspecified atom stereocenters. The Morgan fingerprint density at radius 3 is 1.53 bits per heavy atom. The minimum atomic E-state index is -0.413. The molecule has 3 heterocycles. The van der Waals surface area contributed by atoms with Crippen molar-refractivity contribution in [3.8, 4) is 61.2 Å². The fraction of sp³-hybridized carbons (Fsp3) is 0.0543. The number of aliphatic hydroxyl groups excluding tert-OH is 2. The lowest BCUT2D eigenvalue weighted by Gasteiger charge is -2.09. The number of para-hydroxylation sites is 3. The maximum absolute atomic E-state index is 11.7. The molecule has 14 aromatic rings. The molecule has 12 nitrogen and oxygen atoms in total. The number of ether oxygens (including phenoxy) is 2. The van der Waals surface area contributed by atoms with E-state index in [-0.39, 0.29) is 20.6 Å². The Labute approximate surface area is 627 Å². The highest BCUT2D eigenvalue weighted by Crippen LogP contribution is 2.31. The zero-order valence-electron chi connectivity index (χ0n) is 57.9. The van der Waals surface area contributed by atoms with Crippen molar-refractivity contribution in [2.24, 2.45) is 0 Å². The second-order valence-electron chi connectivity index (χ2n) is 22.6. The van der Waals surface area contributed by atoms with Crippen molar-refractivity contribution in [1.82, 2.24) is 9.97 Å². The maximum Gasteiger partial charge on any atom is 0.343 e. The SMILES string of the molecule is C.C=C/C(C#N)=C/c1ccc(CO)cc1.C=Cc1ccc(-c2ccccc2)cc1.C=Cc1ccc(-c2nc3ccccc3o2)cc1.C=Cc1ccc(-c2nc3ccccc3s2)cc1.COc1c(C)cc(C=O)cc1CO.O=Cc1ccc(-c2cccs2)cc1.O=Cc1ccc(OC(=O)c2ccccc2)cc1. The van der Waals surface area contributed by atoms with Crippen LogP contribution in [0.4, 0.5) is 0 Å². The summed E-state index contributed by atoms with van der Waals surface area (Å²) in [5, 5.41) is 29.6. The Balaban J connectivity index is 0.000000173. The number of hydrogen-bond donors (Lipinski definition) is 2. The van der Waals surface area contributed by atoms with Crippen LogP contribution >= 0.6 is 22.7 Å². The molecule has 2 N–H and O–H groups in total. The van der Waals surface area contributed by atoms with E-state index in [1.54, 1.807) is 96.5 Å². The van der Waals surface area contributed by atoms with Crippen LogP contribution < -0.4 is 9.47 Å². The first kappa shape index (κ1) is 80.2. The predicted molar refractivity (Wildman–Crippen MR) is 437 cm³/mol. The molecule has 0 bridgehead atoms. The van der Waals surface area contributed by atoms with Gasteiger partial charge >= 0.3 is 5.97 Å². The van der Waals surface area contributed by atoms with E-state index >= 15 is 0 Å². The van der Waals surface area contributed by atoms with Gasteiger partial charge in [0.1, 0.15) is 40.9 Å². The van der Waals surface area contributed by atoms with E-state index < -0.39 is 5.97 Å². The highest BCUT2D eigenvalue weighted by molar-refractivity contribution is 7.21. The quantitative estimate of drug-likeness (QED) is 0.0289. The number of carbonyl (C=O) groups excluding carboxylic acids is 4. The minimum Gasteiger partial charge on any atom is -0.496 e. The average molecular weight is 1430 g/mol. The third-order valence-electron chi connectivity index (χ3n) is 15.4. The third kappa shape index (κ3) is 24.3. The molecule has 0 atom stereocenters. The fourth-order valence-corrected chi connectivity index (χ4v) is 11.6. The lowest BCUT2D eigenvalue weighted by Crippen LogP contribution is -2.07. The average Bonchev–Trinajstić information content (AvgIpc) is 1.36. The lowest BCUT2D eigenvalue weighted by atomic mass is 10.0. The number of thiophene rings is 1.